The molecular weight excluding hydrogens is 333 g/mol. The molecule has 0 fully saturated rings. The van der Waals surface area contributed by atoms with Crippen LogP contribution in [0, 0.1) is 5.82 Å². The van der Waals surface area contributed by atoms with E-state index in [-0.39, 0.29) is 25.2 Å². The van der Waals surface area contributed by atoms with Gasteiger partial charge in [-0.3, -0.25) is 9.78 Å². The smallest absolute Gasteiger partial charge is 0.235 e. The van der Waals surface area contributed by atoms with Crippen molar-refractivity contribution in [3.63, 3.8) is 0 Å². The van der Waals surface area contributed by atoms with Gasteiger partial charge in [-0.2, -0.15) is 4.31 Å². The zero-order valence-electron chi connectivity index (χ0n) is 13.1. The van der Waals surface area contributed by atoms with Crippen molar-refractivity contribution in [2.45, 2.75) is 13.1 Å². The summed E-state index contributed by atoms with van der Waals surface area (Å²) in [5, 5.41) is 2.60. The molecule has 1 heterocycles. The van der Waals surface area contributed by atoms with Crippen LogP contribution in [-0.4, -0.2) is 36.4 Å². The monoisotopic (exact) mass is 351 g/mol. The number of rotatable bonds is 7. The van der Waals surface area contributed by atoms with Crippen LogP contribution in [0.25, 0.3) is 0 Å². The Kier molecular flexibility index (Phi) is 5.99. The first-order valence-electron chi connectivity index (χ1n) is 7.21. The zero-order chi connectivity index (χ0) is 17.6. The summed E-state index contributed by atoms with van der Waals surface area (Å²) in [5.74, 6) is -0.998. The number of halogens is 1. The molecule has 2 rings (SSSR count). The molecule has 0 saturated carbocycles. The molecular formula is C16H18FN3O3S. The Balaban J connectivity index is 2.01. The van der Waals surface area contributed by atoms with Crippen LogP contribution in [-0.2, 0) is 27.9 Å². The van der Waals surface area contributed by atoms with Gasteiger partial charge in [-0.05, 0) is 18.2 Å². The van der Waals surface area contributed by atoms with E-state index >= 15 is 0 Å². The van der Waals surface area contributed by atoms with E-state index in [4.69, 9.17) is 0 Å². The van der Waals surface area contributed by atoms with Crippen molar-refractivity contribution in [1.29, 1.82) is 0 Å². The first-order valence-corrected chi connectivity index (χ1v) is 9.06. The van der Waals surface area contributed by atoms with Crippen molar-refractivity contribution in [3.8, 4) is 0 Å². The number of carbonyl (C=O) groups excluding carboxylic acids is 1. The van der Waals surface area contributed by atoms with Crippen LogP contribution in [0.1, 0.15) is 11.3 Å². The van der Waals surface area contributed by atoms with Crippen LogP contribution in [0.15, 0.2) is 48.7 Å². The highest BCUT2D eigenvalue weighted by Crippen LogP contribution is 2.12. The predicted molar refractivity (Wildman–Crippen MR) is 87.7 cm³/mol. The zero-order valence-corrected chi connectivity index (χ0v) is 14.0. The second-order valence-corrected chi connectivity index (χ2v) is 7.20. The van der Waals surface area contributed by atoms with E-state index in [1.807, 2.05) is 0 Å². The quantitative estimate of drug-likeness (QED) is 0.815. The fourth-order valence-corrected chi connectivity index (χ4v) is 2.74. The maximum absolute atomic E-state index is 13.7. The summed E-state index contributed by atoms with van der Waals surface area (Å²) in [6.45, 7) is -0.403. The van der Waals surface area contributed by atoms with Gasteiger partial charge in [0.05, 0.1) is 25.0 Å². The number of amides is 1. The maximum Gasteiger partial charge on any atom is 0.235 e. The van der Waals surface area contributed by atoms with Crippen molar-refractivity contribution in [1.82, 2.24) is 14.6 Å². The van der Waals surface area contributed by atoms with E-state index in [0.29, 0.717) is 5.69 Å². The molecule has 8 heteroatoms. The van der Waals surface area contributed by atoms with E-state index in [9.17, 15) is 17.6 Å². The lowest BCUT2D eigenvalue weighted by molar-refractivity contribution is -0.121. The molecule has 0 bridgehead atoms. The molecule has 0 atom stereocenters. The molecule has 0 unspecified atom stereocenters. The number of benzene rings is 1. The molecule has 0 saturated heterocycles. The predicted octanol–water partition coefficient (Wildman–Crippen LogP) is 1.30. The van der Waals surface area contributed by atoms with Crippen LogP contribution in [0.4, 0.5) is 4.39 Å². The summed E-state index contributed by atoms with van der Waals surface area (Å²) < 4.78 is 38.4. The number of hydrogen-bond acceptors (Lipinski definition) is 4. The van der Waals surface area contributed by atoms with Crippen molar-refractivity contribution >= 4 is 15.9 Å². The van der Waals surface area contributed by atoms with Gasteiger partial charge in [0.15, 0.2) is 0 Å². The lowest BCUT2D eigenvalue weighted by Crippen LogP contribution is -2.39. The van der Waals surface area contributed by atoms with E-state index < -0.39 is 21.7 Å². The van der Waals surface area contributed by atoms with Crippen LogP contribution < -0.4 is 5.32 Å². The second-order valence-electron chi connectivity index (χ2n) is 5.22. The highest BCUT2D eigenvalue weighted by atomic mass is 32.2. The summed E-state index contributed by atoms with van der Waals surface area (Å²) in [5.41, 5.74) is 0.867. The molecule has 1 N–H and O–H groups in total. The number of pyridine rings is 1. The summed E-state index contributed by atoms with van der Waals surface area (Å²) in [7, 11) is -3.67. The van der Waals surface area contributed by atoms with Crippen molar-refractivity contribution < 1.29 is 17.6 Å². The van der Waals surface area contributed by atoms with Gasteiger partial charge in [0, 0.05) is 18.3 Å². The summed E-state index contributed by atoms with van der Waals surface area (Å²) in [6, 6.07) is 11.1. The van der Waals surface area contributed by atoms with Crippen molar-refractivity contribution in [2.75, 3.05) is 12.8 Å². The lowest BCUT2D eigenvalue weighted by Gasteiger charge is -2.19. The molecule has 6 nitrogen and oxygen atoms in total. The topological polar surface area (TPSA) is 79.4 Å². The third kappa shape index (κ3) is 5.39. The number of nitrogens with one attached hydrogen (secondary N) is 1. The number of sulfonamides is 1. The van der Waals surface area contributed by atoms with Crippen molar-refractivity contribution in [2.24, 2.45) is 0 Å². The van der Waals surface area contributed by atoms with Crippen LogP contribution in [0.5, 0.6) is 0 Å². The fourth-order valence-electron chi connectivity index (χ4n) is 2.01. The molecule has 1 amide bonds. The van der Waals surface area contributed by atoms with Gasteiger partial charge in [0.1, 0.15) is 5.82 Å². The molecule has 1 aromatic heterocycles. The molecule has 0 spiro atoms. The Labute approximate surface area is 140 Å². The standard InChI is InChI=1S/C16H18FN3O3S/c1-24(22,23)20(11-13-6-2-3-8-15(13)17)12-16(21)19-10-14-7-4-5-9-18-14/h2-9H,10-12H2,1H3,(H,19,21). The fraction of sp³-hybridized carbons (Fsp3) is 0.250. The lowest BCUT2D eigenvalue weighted by atomic mass is 10.2. The van der Waals surface area contributed by atoms with Gasteiger partial charge in [-0.1, -0.05) is 24.3 Å². The first kappa shape index (κ1) is 18.0. The summed E-state index contributed by atoms with van der Waals surface area (Å²) >= 11 is 0. The Hall–Kier alpha value is -2.32. The molecule has 0 aliphatic carbocycles. The summed E-state index contributed by atoms with van der Waals surface area (Å²) in [4.78, 5) is 16.1. The van der Waals surface area contributed by atoms with Gasteiger partial charge in [-0.15, -0.1) is 0 Å². The number of aromatic nitrogens is 1. The Morgan fingerprint density at radius 1 is 1.21 bits per heavy atom. The van der Waals surface area contributed by atoms with Crippen LogP contribution in [0.3, 0.4) is 0 Å². The van der Waals surface area contributed by atoms with E-state index in [1.54, 1.807) is 30.5 Å². The highest BCUT2D eigenvalue weighted by molar-refractivity contribution is 7.88. The van der Waals surface area contributed by atoms with Crippen LogP contribution >= 0.6 is 0 Å². The minimum absolute atomic E-state index is 0.191. The van der Waals surface area contributed by atoms with Gasteiger partial charge >= 0.3 is 0 Å². The van der Waals surface area contributed by atoms with E-state index in [2.05, 4.69) is 10.3 Å². The Bertz CT molecular complexity index is 797. The molecule has 0 aliphatic heterocycles. The Morgan fingerprint density at radius 3 is 2.54 bits per heavy atom. The van der Waals surface area contributed by atoms with Crippen LogP contribution in [0.2, 0.25) is 0 Å². The Morgan fingerprint density at radius 2 is 1.92 bits per heavy atom. The summed E-state index contributed by atoms with van der Waals surface area (Å²) in [6.07, 6.45) is 2.59. The maximum atomic E-state index is 13.7. The molecule has 2 aromatic rings. The minimum Gasteiger partial charge on any atom is -0.349 e. The first-order chi connectivity index (χ1) is 11.4. The third-order valence-electron chi connectivity index (χ3n) is 3.29. The van der Waals surface area contributed by atoms with E-state index in [0.717, 1.165) is 10.6 Å². The SMILES string of the molecule is CS(=O)(=O)N(CC(=O)NCc1ccccn1)Cc1ccccc1F. The number of nitrogens with zero attached hydrogens (tertiary/aromatic N) is 2. The third-order valence-corrected chi connectivity index (χ3v) is 4.48. The molecule has 0 aliphatic rings. The normalized spacial score (nSPS) is 11.5. The number of carbonyl (C=O) groups is 1. The molecule has 1 aromatic carbocycles. The van der Waals surface area contributed by atoms with Crippen molar-refractivity contribution in [3.05, 3.63) is 65.7 Å². The van der Waals surface area contributed by atoms with Gasteiger partial charge in [0.25, 0.3) is 0 Å². The van der Waals surface area contributed by atoms with Gasteiger partial charge in [0.2, 0.25) is 15.9 Å². The largest absolute Gasteiger partial charge is 0.349 e. The molecule has 0 radical (unpaired) electrons. The van der Waals surface area contributed by atoms with Gasteiger partial charge in [-0.25, -0.2) is 12.8 Å². The molecule has 128 valence electrons. The van der Waals surface area contributed by atoms with E-state index in [1.165, 1.54) is 18.2 Å². The van der Waals surface area contributed by atoms with Gasteiger partial charge < -0.3 is 5.32 Å². The average Bonchev–Trinajstić information content (AvgIpc) is 2.54. The highest BCUT2D eigenvalue weighted by Gasteiger charge is 2.21. The molecule has 24 heavy (non-hydrogen) atoms. The average molecular weight is 351 g/mol. The number of hydrogen-bond donors (Lipinski definition) is 1. The second kappa shape index (κ2) is 7.98. The minimum atomic E-state index is -3.67.